The van der Waals surface area contributed by atoms with E-state index >= 15 is 0 Å². The second-order valence-electron chi connectivity index (χ2n) is 5.56. The van der Waals surface area contributed by atoms with Crippen LogP contribution in [0.5, 0.6) is 0 Å². The van der Waals surface area contributed by atoms with Crippen molar-refractivity contribution in [3.63, 3.8) is 0 Å². The number of carbonyl (C=O) groups excluding carboxylic acids is 2. The maximum atomic E-state index is 13.0. The maximum absolute atomic E-state index is 13.0. The molecule has 1 N–H and O–H groups in total. The Labute approximate surface area is 150 Å². The van der Waals surface area contributed by atoms with E-state index in [1.54, 1.807) is 60.7 Å². The summed E-state index contributed by atoms with van der Waals surface area (Å²) in [6.45, 7) is 0. The van der Waals surface area contributed by atoms with Crippen LogP contribution in [0.3, 0.4) is 0 Å². The largest absolute Gasteiger partial charge is 0.444 e. The van der Waals surface area contributed by atoms with Gasteiger partial charge in [-0.1, -0.05) is 48.5 Å². The van der Waals surface area contributed by atoms with E-state index in [0.717, 1.165) is 0 Å². The molecule has 1 amide bonds. The van der Waals surface area contributed by atoms with Crippen LogP contribution in [0.2, 0.25) is 0 Å². The van der Waals surface area contributed by atoms with Crippen molar-refractivity contribution in [2.75, 3.05) is 5.32 Å². The molecule has 0 aromatic heterocycles. The molecule has 0 spiro atoms. The Morgan fingerprint density at radius 1 is 0.808 bits per heavy atom. The lowest BCUT2D eigenvalue weighted by Gasteiger charge is -2.18. The molecule has 0 aliphatic carbocycles. The van der Waals surface area contributed by atoms with E-state index < -0.39 is 23.8 Å². The molecule has 0 saturated carbocycles. The second-order valence-corrected chi connectivity index (χ2v) is 5.56. The number of anilines is 1. The summed E-state index contributed by atoms with van der Waals surface area (Å²) in [4.78, 5) is 25.1. The van der Waals surface area contributed by atoms with Crippen LogP contribution in [-0.2, 0) is 9.53 Å². The van der Waals surface area contributed by atoms with Gasteiger partial charge in [0.2, 0.25) is 6.10 Å². The van der Waals surface area contributed by atoms with Crippen LogP contribution < -0.4 is 5.32 Å². The second kappa shape index (κ2) is 8.07. The highest BCUT2D eigenvalue weighted by Crippen LogP contribution is 2.22. The van der Waals surface area contributed by atoms with Gasteiger partial charge in [-0.2, -0.15) is 0 Å². The van der Waals surface area contributed by atoms with Gasteiger partial charge in [0.15, 0.2) is 0 Å². The first-order valence-corrected chi connectivity index (χ1v) is 8.01. The predicted molar refractivity (Wildman–Crippen MR) is 96.1 cm³/mol. The van der Waals surface area contributed by atoms with Crippen molar-refractivity contribution in [2.45, 2.75) is 6.10 Å². The van der Waals surface area contributed by atoms with Gasteiger partial charge in [-0.25, -0.2) is 9.18 Å². The van der Waals surface area contributed by atoms with Crippen LogP contribution in [-0.4, -0.2) is 11.9 Å². The fourth-order valence-electron chi connectivity index (χ4n) is 2.39. The fourth-order valence-corrected chi connectivity index (χ4v) is 2.39. The van der Waals surface area contributed by atoms with Gasteiger partial charge < -0.3 is 10.1 Å². The Hall–Kier alpha value is -3.47. The number of rotatable bonds is 5. The van der Waals surface area contributed by atoms with Gasteiger partial charge in [0, 0.05) is 11.3 Å². The van der Waals surface area contributed by atoms with E-state index in [9.17, 15) is 14.0 Å². The number of hydrogen-bond donors (Lipinski definition) is 1. The Kier molecular flexibility index (Phi) is 5.39. The van der Waals surface area contributed by atoms with Crippen LogP contribution >= 0.6 is 0 Å². The molecule has 0 aliphatic heterocycles. The molecular formula is C21H16FNO3. The predicted octanol–water partition coefficient (Wildman–Crippen LogP) is 4.36. The van der Waals surface area contributed by atoms with Crippen LogP contribution in [0.15, 0.2) is 84.9 Å². The van der Waals surface area contributed by atoms with E-state index in [1.807, 2.05) is 0 Å². The lowest BCUT2D eigenvalue weighted by Crippen LogP contribution is -2.26. The van der Waals surface area contributed by atoms with E-state index in [2.05, 4.69) is 5.32 Å². The highest BCUT2D eigenvalue weighted by atomic mass is 19.1. The highest BCUT2D eigenvalue weighted by Gasteiger charge is 2.25. The molecule has 0 fully saturated rings. The molecule has 0 radical (unpaired) electrons. The molecule has 4 nitrogen and oxygen atoms in total. The molecule has 0 aliphatic rings. The van der Waals surface area contributed by atoms with E-state index in [-0.39, 0.29) is 0 Å². The summed E-state index contributed by atoms with van der Waals surface area (Å²) in [5, 5.41) is 2.64. The lowest BCUT2D eigenvalue weighted by atomic mass is 10.1. The molecule has 0 unspecified atom stereocenters. The number of ether oxygens (including phenoxy) is 1. The maximum Gasteiger partial charge on any atom is 0.339 e. The number of benzene rings is 3. The molecule has 1 atom stereocenters. The first-order chi connectivity index (χ1) is 12.6. The number of amides is 1. The summed E-state index contributed by atoms with van der Waals surface area (Å²) in [7, 11) is 0. The standard InChI is InChI=1S/C21H16FNO3/c22-17-11-13-18(14-12-17)23-20(24)19(15-7-3-1-4-8-15)26-21(25)16-9-5-2-6-10-16/h1-14,19H,(H,23,24)/t19-/m1/s1. The van der Waals surface area contributed by atoms with Gasteiger partial charge in [-0.05, 0) is 36.4 Å². The van der Waals surface area contributed by atoms with E-state index in [4.69, 9.17) is 4.74 Å². The Bertz CT molecular complexity index is 880. The average Bonchev–Trinajstić information content (AvgIpc) is 2.69. The van der Waals surface area contributed by atoms with Crippen molar-refractivity contribution < 1.29 is 18.7 Å². The number of hydrogen-bond acceptors (Lipinski definition) is 3. The summed E-state index contributed by atoms with van der Waals surface area (Å²) < 4.78 is 18.5. The topological polar surface area (TPSA) is 55.4 Å². The normalized spacial score (nSPS) is 11.4. The molecule has 0 heterocycles. The summed E-state index contributed by atoms with van der Waals surface area (Å²) in [6, 6.07) is 22.5. The third-order valence-corrected chi connectivity index (χ3v) is 3.69. The molecular weight excluding hydrogens is 333 g/mol. The van der Waals surface area contributed by atoms with Crippen molar-refractivity contribution >= 4 is 17.6 Å². The van der Waals surface area contributed by atoms with Crippen molar-refractivity contribution in [3.05, 3.63) is 102 Å². The summed E-state index contributed by atoms with van der Waals surface area (Å²) in [5.41, 5.74) is 1.30. The number of esters is 1. The van der Waals surface area contributed by atoms with Crippen LogP contribution in [0, 0.1) is 5.82 Å². The van der Waals surface area contributed by atoms with Gasteiger partial charge in [0.25, 0.3) is 5.91 Å². The van der Waals surface area contributed by atoms with Gasteiger partial charge in [-0.15, -0.1) is 0 Å². The first-order valence-electron chi connectivity index (χ1n) is 8.01. The van der Waals surface area contributed by atoms with E-state index in [1.165, 1.54) is 24.3 Å². The molecule has 0 saturated heterocycles. The zero-order valence-electron chi connectivity index (χ0n) is 13.8. The molecule has 3 aromatic rings. The number of carbonyl (C=O) groups is 2. The van der Waals surface area contributed by atoms with E-state index in [0.29, 0.717) is 16.8 Å². The summed E-state index contributed by atoms with van der Waals surface area (Å²) in [5.74, 6) is -1.53. The third kappa shape index (κ3) is 4.33. The van der Waals surface area contributed by atoms with Gasteiger partial charge in [-0.3, -0.25) is 4.79 Å². The van der Waals surface area contributed by atoms with Gasteiger partial charge in [0.05, 0.1) is 5.56 Å². The Morgan fingerprint density at radius 3 is 2.00 bits per heavy atom. The average molecular weight is 349 g/mol. The summed E-state index contributed by atoms with van der Waals surface area (Å²) >= 11 is 0. The zero-order valence-corrected chi connectivity index (χ0v) is 13.8. The van der Waals surface area contributed by atoms with Crippen molar-refractivity contribution in [3.8, 4) is 0 Å². The SMILES string of the molecule is O=C(O[C@@H](C(=O)Nc1ccc(F)cc1)c1ccccc1)c1ccccc1. The fraction of sp³-hybridized carbons (Fsp3) is 0.0476. The van der Waals surface area contributed by atoms with Crippen molar-refractivity contribution in [1.82, 2.24) is 0 Å². The van der Waals surface area contributed by atoms with Crippen molar-refractivity contribution in [1.29, 1.82) is 0 Å². The van der Waals surface area contributed by atoms with Gasteiger partial charge in [0.1, 0.15) is 5.82 Å². The Morgan fingerprint density at radius 2 is 1.38 bits per heavy atom. The highest BCUT2D eigenvalue weighted by molar-refractivity contribution is 5.98. The third-order valence-electron chi connectivity index (χ3n) is 3.69. The molecule has 26 heavy (non-hydrogen) atoms. The van der Waals surface area contributed by atoms with Crippen molar-refractivity contribution in [2.24, 2.45) is 0 Å². The Balaban J connectivity index is 1.82. The molecule has 0 bridgehead atoms. The van der Waals surface area contributed by atoms with Crippen LogP contribution in [0.25, 0.3) is 0 Å². The quantitative estimate of drug-likeness (QED) is 0.696. The minimum Gasteiger partial charge on any atom is -0.444 e. The lowest BCUT2D eigenvalue weighted by molar-refractivity contribution is -0.125. The minimum absolute atomic E-state index is 0.350. The molecule has 3 aromatic carbocycles. The number of nitrogens with one attached hydrogen (secondary N) is 1. The summed E-state index contributed by atoms with van der Waals surface area (Å²) in [6.07, 6.45) is -1.13. The first kappa shape index (κ1) is 17.4. The minimum atomic E-state index is -1.13. The smallest absolute Gasteiger partial charge is 0.339 e. The van der Waals surface area contributed by atoms with Crippen LogP contribution in [0.4, 0.5) is 10.1 Å². The van der Waals surface area contributed by atoms with Gasteiger partial charge >= 0.3 is 5.97 Å². The van der Waals surface area contributed by atoms with Crippen LogP contribution in [0.1, 0.15) is 22.0 Å². The monoisotopic (exact) mass is 349 g/mol. The number of halogens is 1. The molecule has 5 heteroatoms. The molecule has 130 valence electrons. The molecule has 3 rings (SSSR count). The zero-order chi connectivity index (χ0) is 18.4.